The van der Waals surface area contributed by atoms with Crippen molar-refractivity contribution < 1.29 is 28.8 Å². The molecular weight excluding hydrogens is 371 g/mol. The molecule has 0 spiro atoms. The van der Waals surface area contributed by atoms with E-state index in [1.165, 1.54) is 12.0 Å². The minimum absolute atomic E-state index is 0.111. The first-order valence-electron chi connectivity index (χ1n) is 9.46. The van der Waals surface area contributed by atoms with Gasteiger partial charge in [0.25, 0.3) is 5.91 Å². The molecule has 0 fully saturated rings. The van der Waals surface area contributed by atoms with E-state index in [0.717, 1.165) is 0 Å². The fourth-order valence-electron chi connectivity index (χ4n) is 2.53. The summed E-state index contributed by atoms with van der Waals surface area (Å²) in [6.45, 7) is 17.8. The fraction of sp³-hybridized carbons (Fsp3) is 0.944. The van der Waals surface area contributed by atoms with Crippen LogP contribution in [0.4, 0.5) is 0 Å². The van der Waals surface area contributed by atoms with Crippen molar-refractivity contribution in [2.75, 3.05) is 6.54 Å². The Morgan fingerprint density at radius 2 is 1.59 bits per heavy atom. The van der Waals surface area contributed by atoms with Gasteiger partial charge < -0.3 is 9.42 Å². The minimum Gasteiger partial charge on any atom is -0.323 e. The summed E-state index contributed by atoms with van der Waals surface area (Å²) in [5.41, 5.74) is -1.41. The molecule has 0 aliphatic heterocycles. The van der Waals surface area contributed by atoms with Crippen molar-refractivity contribution in [2.24, 2.45) is 5.41 Å². The Hall–Kier alpha value is -0.500. The first-order chi connectivity index (χ1) is 12.0. The van der Waals surface area contributed by atoms with E-state index in [-0.39, 0.29) is 6.54 Å². The largest absolute Gasteiger partial charge is 0.348 e. The Kier molecular flexibility index (Phi) is 9.63. The molecule has 0 heterocycles. The minimum atomic E-state index is -4.15. The molecule has 0 aliphatic rings. The third kappa shape index (κ3) is 7.80. The second kappa shape index (κ2) is 9.81. The van der Waals surface area contributed by atoms with Gasteiger partial charge in [-0.05, 0) is 53.4 Å². The summed E-state index contributed by atoms with van der Waals surface area (Å²) in [6, 6.07) is 0. The zero-order valence-electron chi connectivity index (χ0n) is 18.5. The fourth-order valence-corrected chi connectivity index (χ4v) is 4.95. The predicted octanol–water partition coefficient (Wildman–Crippen LogP) is 4.02. The van der Waals surface area contributed by atoms with E-state index in [2.05, 4.69) is 0 Å². The highest BCUT2D eigenvalue weighted by molar-refractivity contribution is 7.53. The molecule has 0 rings (SSSR count). The van der Waals surface area contributed by atoms with Crippen molar-refractivity contribution in [1.29, 1.82) is 0 Å². The van der Waals surface area contributed by atoms with Crippen LogP contribution < -0.4 is 0 Å². The maximum atomic E-state index is 13.2. The van der Waals surface area contributed by atoms with Crippen LogP contribution >= 0.6 is 7.60 Å². The summed E-state index contributed by atoms with van der Waals surface area (Å²) in [4.78, 5) is 28.9. The van der Waals surface area contributed by atoms with Crippen LogP contribution in [0.15, 0.2) is 0 Å². The second-order valence-corrected chi connectivity index (χ2v) is 10.8. The van der Waals surface area contributed by atoms with E-state index in [0.29, 0.717) is 11.5 Å². The molecule has 0 saturated carbocycles. The van der Waals surface area contributed by atoms with Gasteiger partial charge in [0.1, 0.15) is 5.78 Å². The molecule has 0 aromatic rings. The lowest BCUT2D eigenvalue weighted by molar-refractivity contribution is -0.266. The molecule has 0 radical (unpaired) electrons. The highest BCUT2D eigenvalue weighted by Crippen LogP contribution is 2.58. The summed E-state index contributed by atoms with van der Waals surface area (Å²) in [5.74, 6) is -1.65. The van der Waals surface area contributed by atoms with Crippen LogP contribution in [0.2, 0.25) is 0 Å². The van der Waals surface area contributed by atoms with Crippen LogP contribution in [0.5, 0.6) is 0 Å². The van der Waals surface area contributed by atoms with E-state index in [4.69, 9.17) is 9.36 Å². The summed E-state index contributed by atoms with van der Waals surface area (Å²) in [6.07, 6.45) is -0.856. The summed E-state index contributed by atoms with van der Waals surface area (Å²) in [7, 11) is -4.15. The molecule has 9 heteroatoms. The van der Waals surface area contributed by atoms with Crippen molar-refractivity contribution in [3.05, 3.63) is 0 Å². The normalized spacial score (nSPS) is 18.7. The molecule has 27 heavy (non-hydrogen) atoms. The van der Waals surface area contributed by atoms with Gasteiger partial charge in [-0.15, -0.1) is 0 Å². The lowest BCUT2D eigenvalue weighted by atomic mass is 9.94. The van der Waals surface area contributed by atoms with E-state index in [1.807, 2.05) is 48.5 Å². The topological polar surface area (TPSA) is 99.5 Å². The Labute approximate surface area is 164 Å². The smallest absolute Gasteiger partial charge is 0.323 e. The number of rotatable bonds is 9. The number of hydrogen-bond donors (Lipinski definition) is 2. The maximum Gasteiger partial charge on any atom is 0.348 e. The highest BCUT2D eigenvalue weighted by atomic mass is 31.2. The number of amides is 1. The molecule has 0 aromatic heterocycles. The lowest BCUT2D eigenvalue weighted by Crippen LogP contribution is -2.55. The van der Waals surface area contributed by atoms with Crippen molar-refractivity contribution >= 4 is 13.5 Å². The molecule has 162 valence electrons. The number of likely N-dealkylation sites (N-methyl/N-ethyl adjacent to an activating group) is 1. The maximum absolute atomic E-state index is 13.2. The highest BCUT2D eigenvalue weighted by Gasteiger charge is 2.51. The molecule has 1 amide bonds. The number of hydrogen-bond acceptors (Lipinski definition) is 6. The van der Waals surface area contributed by atoms with Crippen LogP contribution in [0.1, 0.15) is 75.7 Å². The Balaban J connectivity index is 6.02. The summed E-state index contributed by atoms with van der Waals surface area (Å²) < 4.78 is 18.7. The number of carbonyl (C=O) groups is 1. The molecule has 4 unspecified atom stereocenters. The molecule has 4 atom stereocenters. The Bertz CT molecular complexity index is 529. The number of carbonyl (C=O) groups excluding carboxylic acids is 1. The van der Waals surface area contributed by atoms with Gasteiger partial charge in [0.2, 0.25) is 0 Å². The third-order valence-corrected chi connectivity index (χ3v) is 6.31. The van der Waals surface area contributed by atoms with E-state index >= 15 is 0 Å². The third-order valence-electron chi connectivity index (χ3n) is 4.05. The molecule has 0 bridgehead atoms. The van der Waals surface area contributed by atoms with Crippen molar-refractivity contribution in [1.82, 2.24) is 10.1 Å². The average molecular weight is 410 g/mol. The second-order valence-electron chi connectivity index (χ2n) is 8.93. The Morgan fingerprint density at radius 3 is 1.93 bits per heavy atom. The molecule has 8 nitrogen and oxygen atoms in total. The van der Waals surface area contributed by atoms with Crippen molar-refractivity contribution in [2.45, 2.75) is 99.2 Å². The van der Waals surface area contributed by atoms with Gasteiger partial charge in [0.15, 0.2) is 6.10 Å². The first kappa shape index (κ1) is 26.5. The molecule has 0 aromatic carbocycles. The molecule has 0 aliphatic carbocycles. The zero-order chi connectivity index (χ0) is 21.8. The van der Waals surface area contributed by atoms with Crippen LogP contribution in [0, 0.1) is 5.41 Å². The van der Waals surface area contributed by atoms with Crippen LogP contribution in [0.25, 0.3) is 0 Å². The Morgan fingerprint density at radius 1 is 1.11 bits per heavy atom. The van der Waals surface area contributed by atoms with E-state index in [1.54, 1.807) is 13.8 Å². The monoisotopic (exact) mass is 410 g/mol. The number of nitrogens with zero attached hydrogens (tertiary/aromatic N) is 2. The van der Waals surface area contributed by atoms with Gasteiger partial charge in [0.05, 0.1) is 6.10 Å². The van der Waals surface area contributed by atoms with Crippen molar-refractivity contribution in [3.63, 3.8) is 0 Å². The van der Waals surface area contributed by atoms with Crippen LogP contribution in [-0.2, 0) is 18.7 Å². The first-order valence-corrected chi connectivity index (χ1v) is 11.1. The summed E-state index contributed by atoms with van der Waals surface area (Å²) >= 11 is 0. The van der Waals surface area contributed by atoms with Gasteiger partial charge in [-0.3, -0.25) is 19.4 Å². The molecule has 0 saturated heterocycles. The zero-order valence-corrected chi connectivity index (χ0v) is 19.4. The summed E-state index contributed by atoms with van der Waals surface area (Å²) in [5, 5.41) is 11.6. The molecule has 2 N–H and O–H groups in total. The molecular formula is C18H39N2O6P. The van der Waals surface area contributed by atoms with Gasteiger partial charge in [-0.1, -0.05) is 27.7 Å². The predicted molar refractivity (Wildman–Crippen MR) is 105 cm³/mol. The van der Waals surface area contributed by atoms with E-state index < -0.39 is 42.4 Å². The van der Waals surface area contributed by atoms with E-state index in [9.17, 15) is 19.5 Å². The lowest BCUT2D eigenvalue weighted by Gasteiger charge is -2.47. The average Bonchev–Trinajstić information content (AvgIpc) is 2.49. The van der Waals surface area contributed by atoms with Gasteiger partial charge in [-0.2, -0.15) is 5.06 Å². The number of hydroxylamine groups is 4. The quantitative estimate of drug-likeness (QED) is 0.336. The van der Waals surface area contributed by atoms with Crippen LogP contribution in [0.3, 0.4) is 0 Å². The van der Waals surface area contributed by atoms with Gasteiger partial charge in [-0.25, -0.2) is 5.06 Å². The van der Waals surface area contributed by atoms with Crippen molar-refractivity contribution in [3.8, 4) is 0 Å². The van der Waals surface area contributed by atoms with Crippen LogP contribution in [-0.4, -0.2) is 56.2 Å². The van der Waals surface area contributed by atoms with Gasteiger partial charge in [0, 0.05) is 12.1 Å². The standard InChI is InChI=1S/C18H39N2O6P/c1-11-13(3)26-27(23,24)16(17(5,6)7)20(18(8,9)10)25-14(4)15(21)19(22)12-2/h13-14,16,22H,11-12H2,1-10H3,(H,23,24). The SMILES string of the molecule is CCC(C)OP(=O)(O)C(N(OC(C)C(=O)N(O)CC)C(C)(C)C)C(C)(C)C. The van der Waals surface area contributed by atoms with Gasteiger partial charge >= 0.3 is 7.60 Å².